The summed E-state index contributed by atoms with van der Waals surface area (Å²) in [5, 5.41) is 21.8. The minimum atomic E-state index is -0.0901. The maximum Gasteiger partial charge on any atom is 0.271 e. The Hall–Kier alpha value is -3.52. The number of aromatic hydroxyl groups is 1. The van der Waals surface area contributed by atoms with Gasteiger partial charge in [-0.05, 0) is 103 Å². The molecule has 1 aliphatic heterocycles. The van der Waals surface area contributed by atoms with E-state index >= 15 is 0 Å². The van der Waals surface area contributed by atoms with Crippen LogP contribution in [0.5, 0.6) is 5.75 Å². The molecule has 0 radical (unpaired) electrons. The summed E-state index contributed by atoms with van der Waals surface area (Å²) in [5.74, 6) is 3.59. The number of benzene rings is 1. The van der Waals surface area contributed by atoms with Gasteiger partial charge in [0.25, 0.3) is 5.91 Å². The van der Waals surface area contributed by atoms with E-state index in [9.17, 15) is 9.90 Å². The molecule has 1 aromatic carbocycles. The van der Waals surface area contributed by atoms with Crippen LogP contribution in [0.25, 0.3) is 11.1 Å². The van der Waals surface area contributed by atoms with E-state index in [2.05, 4.69) is 55.4 Å². The molecule has 4 bridgehead atoms. The molecule has 5 fully saturated rings. The van der Waals surface area contributed by atoms with Crippen LogP contribution in [-0.4, -0.2) is 63.8 Å². The SMILES string of the molecule is CCc1cc(-c2cncc(O)c2)ccc1CN1CCN(c2ccc(C(=O)NCC34CC5CC(CC(C5)C3)C4)nn2)CC1. The number of nitrogens with zero attached hydrogens (tertiary/aromatic N) is 5. The van der Waals surface area contributed by atoms with E-state index in [1.165, 1.54) is 55.8 Å². The number of carbonyl (C=O) groups is 1. The number of piperazine rings is 1. The van der Waals surface area contributed by atoms with Crippen molar-refractivity contribution >= 4 is 11.7 Å². The van der Waals surface area contributed by atoms with Crippen LogP contribution in [0.4, 0.5) is 5.82 Å². The van der Waals surface area contributed by atoms with E-state index in [1.807, 2.05) is 12.1 Å². The maximum atomic E-state index is 13.0. The lowest BCUT2D eigenvalue weighted by Gasteiger charge is -2.56. The highest BCUT2D eigenvalue weighted by molar-refractivity contribution is 5.92. The van der Waals surface area contributed by atoms with Crippen molar-refractivity contribution in [2.24, 2.45) is 23.2 Å². The van der Waals surface area contributed by atoms with Gasteiger partial charge in [0.1, 0.15) is 5.75 Å². The van der Waals surface area contributed by atoms with Crippen molar-refractivity contribution in [1.29, 1.82) is 0 Å². The number of rotatable bonds is 8. The molecule has 0 spiro atoms. The van der Waals surface area contributed by atoms with E-state index in [0.717, 1.165) is 80.4 Å². The molecule has 42 heavy (non-hydrogen) atoms. The number of pyridine rings is 1. The van der Waals surface area contributed by atoms with Gasteiger partial charge in [-0.3, -0.25) is 14.7 Å². The lowest BCUT2D eigenvalue weighted by molar-refractivity contribution is -0.0503. The zero-order valence-electron chi connectivity index (χ0n) is 24.6. The maximum absolute atomic E-state index is 13.0. The Bertz CT molecular complexity index is 1400. The summed E-state index contributed by atoms with van der Waals surface area (Å²) >= 11 is 0. The molecule has 2 aromatic heterocycles. The average molecular weight is 567 g/mol. The fraction of sp³-hybridized carbons (Fsp3) is 0.529. The second kappa shape index (κ2) is 11.3. The number of amides is 1. The fourth-order valence-corrected chi connectivity index (χ4v) is 8.73. The van der Waals surface area contributed by atoms with Crippen LogP contribution in [0.1, 0.15) is 67.1 Å². The van der Waals surface area contributed by atoms with Crippen molar-refractivity contribution in [3.63, 3.8) is 0 Å². The van der Waals surface area contributed by atoms with Crippen molar-refractivity contribution in [1.82, 2.24) is 25.4 Å². The lowest BCUT2D eigenvalue weighted by atomic mass is 9.49. The normalized spacial score (nSPS) is 26.9. The van der Waals surface area contributed by atoms with Crippen LogP contribution in [-0.2, 0) is 13.0 Å². The molecule has 1 amide bonds. The monoisotopic (exact) mass is 566 g/mol. The largest absolute Gasteiger partial charge is 0.506 e. The zero-order chi connectivity index (χ0) is 28.7. The summed E-state index contributed by atoms with van der Waals surface area (Å²) in [6.45, 7) is 7.52. The summed E-state index contributed by atoms with van der Waals surface area (Å²) < 4.78 is 0. The Labute approximate surface area is 248 Å². The molecule has 8 rings (SSSR count). The van der Waals surface area contributed by atoms with E-state index in [-0.39, 0.29) is 11.7 Å². The fourth-order valence-electron chi connectivity index (χ4n) is 8.73. The summed E-state index contributed by atoms with van der Waals surface area (Å²) in [7, 11) is 0. The number of carbonyl (C=O) groups excluding carboxylic acids is 1. The molecule has 1 saturated heterocycles. The van der Waals surface area contributed by atoms with Crippen molar-refractivity contribution in [2.45, 2.75) is 58.4 Å². The minimum absolute atomic E-state index is 0.0901. The number of hydrogen-bond donors (Lipinski definition) is 2. The Kier molecular flexibility index (Phi) is 7.34. The van der Waals surface area contributed by atoms with Crippen molar-refractivity contribution in [3.8, 4) is 16.9 Å². The van der Waals surface area contributed by atoms with Gasteiger partial charge in [0, 0.05) is 51.0 Å². The molecule has 3 heterocycles. The molecule has 8 nitrogen and oxygen atoms in total. The first-order valence-corrected chi connectivity index (χ1v) is 15.8. The number of aromatic nitrogens is 3. The average Bonchev–Trinajstić information content (AvgIpc) is 3.00. The van der Waals surface area contributed by atoms with Crippen molar-refractivity contribution in [3.05, 3.63) is 65.6 Å². The van der Waals surface area contributed by atoms with Gasteiger partial charge >= 0.3 is 0 Å². The quantitative estimate of drug-likeness (QED) is 0.393. The van der Waals surface area contributed by atoms with E-state index in [0.29, 0.717) is 11.1 Å². The van der Waals surface area contributed by atoms with E-state index < -0.39 is 0 Å². The third-order valence-electron chi connectivity index (χ3n) is 10.4. The third-order valence-corrected chi connectivity index (χ3v) is 10.4. The predicted molar refractivity (Wildman–Crippen MR) is 163 cm³/mol. The number of nitrogens with one attached hydrogen (secondary N) is 1. The molecule has 4 aliphatic carbocycles. The highest BCUT2D eigenvalue weighted by Gasteiger charge is 2.50. The second-order valence-corrected chi connectivity index (χ2v) is 13.4. The molecular weight excluding hydrogens is 524 g/mol. The van der Waals surface area contributed by atoms with Crippen LogP contribution in [0.3, 0.4) is 0 Å². The summed E-state index contributed by atoms with van der Waals surface area (Å²) in [4.78, 5) is 21.8. The molecular formula is C34H42N6O2. The van der Waals surface area contributed by atoms with E-state index in [1.54, 1.807) is 12.3 Å². The number of anilines is 1. The zero-order valence-corrected chi connectivity index (χ0v) is 24.6. The predicted octanol–water partition coefficient (Wildman–Crippen LogP) is 5.08. The van der Waals surface area contributed by atoms with Crippen LogP contribution < -0.4 is 10.2 Å². The smallest absolute Gasteiger partial charge is 0.271 e. The highest BCUT2D eigenvalue weighted by atomic mass is 16.3. The molecule has 0 unspecified atom stereocenters. The van der Waals surface area contributed by atoms with Crippen LogP contribution in [0.15, 0.2) is 48.8 Å². The van der Waals surface area contributed by atoms with Crippen LogP contribution in [0, 0.1) is 23.2 Å². The van der Waals surface area contributed by atoms with Gasteiger partial charge < -0.3 is 15.3 Å². The highest BCUT2D eigenvalue weighted by Crippen LogP contribution is 2.59. The topological polar surface area (TPSA) is 94.5 Å². The Morgan fingerprint density at radius 3 is 2.29 bits per heavy atom. The first-order chi connectivity index (χ1) is 20.4. The van der Waals surface area contributed by atoms with Gasteiger partial charge in [0.05, 0.1) is 6.20 Å². The molecule has 4 saturated carbocycles. The molecule has 0 atom stereocenters. The van der Waals surface area contributed by atoms with Gasteiger partial charge in [-0.15, -0.1) is 10.2 Å². The minimum Gasteiger partial charge on any atom is -0.506 e. The molecule has 5 aliphatic rings. The molecule has 8 heteroatoms. The summed E-state index contributed by atoms with van der Waals surface area (Å²) in [5.41, 5.74) is 5.40. The third kappa shape index (κ3) is 5.61. The Morgan fingerprint density at radius 1 is 0.905 bits per heavy atom. The first-order valence-electron chi connectivity index (χ1n) is 15.8. The van der Waals surface area contributed by atoms with Gasteiger partial charge in [-0.25, -0.2) is 0 Å². The lowest BCUT2D eigenvalue weighted by Crippen LogP contribution is -2.51. The summed E-state index contributed by atoms with van der Waals surface area (Å²) in [6.07, 6.45) is 12.3. The van der Waals surface area contributed by atoms with Gasteiger partial charge in [0.15, 0.2) is 11.5 Å². The molecule has 220 valence electrons. The summed E-state index contributed by atoms with van der Waals surface area (Å²) in [6, 6.07) is 12.1. The van der Waals surface area contributed by atoms with E-state index in [4.69, 9.17) is 0 Å². The van der Waals surface area contributed by atoms with Gasteiger partial charge in [0.2, 0.25) is 0 Å². The first kappa shape index (κ1) is 27.3. The van der Waals surface area contributed by atoms with Crippen LogP contribution >= 0.6 is 0 Å². The van der Waals surface area contributed by atoms with Crippen molar-refractivity contribution in [2.75, 3.05) is 37.6 Å². The van der Waals surface area contributed by atoms with Gasteiger partial charge in [-0.1, -0.05) is 25.1 Å². The van der Waals surface area contributed by atoms with Crippen molar-refractivity contribution < 1.29 is 9.90 Å². The molecule has 3 aromatic rings. The number of hydrogen-bond acceptors (Lipinski definition) is 7. The Balaban J connectivity index is 0.917. The Morgan fingerprint density at radius 2 is 1.64 bits per heavy atom. The molecule has 2 N–H and O–H groups in total. The standard InChI is InChI=1S/C34H42N6O2/c1-2-26-14-27(29-15-30(41)20-35-19-29)3-4-28(26)21-39-7-9-40(10-8-39)32-6-5-31(37-38-32)33(42)36-22-34-16-23-11-24(17-34)13-25(12-23)18-34/h3-6,14-15,19-20,23-25,41H,2,7-13,16-18,21-22H2,1H3,(H,36,42). The van der Waals surface area contributed by atoms with Gasteiger partial charge in [-0.2, -0.15) is 0 Å². The van der Waals surface area contributed by atoms with Crippen LogP contribution in [0.2, 0.25) is 0 Å². The number of aryl methyl sites for hydroxylation is 1. The second-order valence-electron chi connectivity index (χ2n) is 13.4.